The number of rotatable bonds is 7. The van der Waals surface area contributed by atoms with E-state index in [-0.39, 0.29) is 28.7 Å². The molecule has 10 nitrogen and oxygen atoms in total. The summed E-state index contributed by atoms with van der Waals surface area (Å²) in [7, 11) is 0. The first kappa shape index (κ1) is 21.7. The number of alkyl halides is 2. The van der Waals surface area contributed by atoms with Gasteiger partial charge in [-0.1, -0.05) is 6.07 Å². The lowest BCUT2D eigenvalue weighted by molar-refractivity contribution is 0.102. The molecule has 174 valence electrons. The highest BCUT2D eigenvalue weighted by molar-refractivity contribution is 6.03. The van der Waals surface area contributed by atoms with Crippen LogP contribution in [0.1, 0.15) is 61.3 Å². The smallest absolute Gasteiger partial charge is 0.275 e. The number of aromatic nitrogens is 8. The minimum Gasteiger partial charge on any atom is -0.305 e. The van der Waals surface area contributed by atoms with Gasteiger partial charge in [0.2, 0.25) is 5.82 Å². The Balaban J connectivity index is 1.42. The zero-order valence-electron chi connectivity index (χ0n) is 18.4. The van der Waals surface area contributed by atoms with E-state index < -0.39 is 12.3 Å². The summed E-state index contributed by atoms with van der Waals surface area (Å²) in [6, 6.07) is 6.73. The molecule has 0 atom stereocenters. The molecule has 0 aromatic carbocycles. The first-order chi connectivity index (χ1) is 16.4. The highest BCUT2D eigenvalue weighted by Crippen LogP contribution is 2.37. The van der Waals surface area contributed by atoms with Gasteiger partial charge in [-0.25, -0.2) is 18.4 Å². The van der Waals surface area contributed by atoms with Crippen LogP contribution in [-0.4, -0.2) is 45.9 Å². The summed E-state index contributed by atoms with van der Waals surface area (Å²) in [5.74, 6) is 0.133. The van der Waals surface area contributed by atoms with Crippen molar-refractivity contribution in [3.63, 3.8) is 0 Å². The van der Waals surface area contributed by atoms with Crippen LogP contribution in [0.3, 0.4) is 0 Å². The lowest BCUT2D eigenvalue weighted by atomic mass is 10.0. The zero-order chi connectivity index (χ0) is 23.8. The normalized spacial score (nSPS) is 13.6. The van der Waals surface area contributed by atoms with E-state index in [1.54, 1.807) is 33.8 Å². The molecule has 0 unspecified atom stereocenters. The number of halogens is 2. The number of carbonyl (C=O) groups excluding carboxylic acids is 1. The molecule has 1 N–H and O–H groups in total. The fourth-order valence-corrected chi connectivity index (χ4v) is 3.55. The maximum absolute atomic E-state index is 13.6. The van der Waals surface area contributed by atoms with Gasteiger partial charge in [-0.05, 0) is 60.9 Å². The molecule has 0 saturated heterocycles. The van der Waals surface area contributed by atoms with Crippen molar-refractivity contribution in [2.45, 2.75) is 45.2 Å². The van der Waals surface area contributed by atoms with Crippen LogP contribution in [0.25, 0.3) is 22.6 Å². The second-order valence-electron chi connectivity index (χ2n) is 8.30. The summed E-state index contributed by atoms with van der Waals surface area (Å²) < 4.78 is 30.7. The number of hydrogen-bond acceptors (Lipinski definition) is 7. The summed E-state index contributed by atoms with van der Waals surface area (Å²) in [6.45, 7) is 3.87. The van der Waals surface area contributed by atoms with Crippen molar-refractivity contribution >= 4 is 11.7 Å². The van der Waals surface area contributed by atoms with E-state index in [2.05, 4.69) is 35.9 Å². The van der Waals surface area contributed by atoms with E-state index in [0.29, 0.717) is 23.1 Å². The van der Waals surface area contributed by atoms with Crippen LogP contribution in [0.2, 0.25) is 0 Å². The summed E-state index contributed by atoms with van der Waals surface area (Å²) in [5, 5.41) is 18.6. The lowest BCUT2D eigenvalue weighted by Gasteiger charge is -2.11. The number of pyridine rings is 2. The molecule has 0 aliphatic heterocycles. The van der Waals surface area contributed by atoms with Crippen LogP contribution < -0.4 is 5.32 Å². The van der Waals surface area contributed by atoms with Crippen molar-refractivity contribution in [2.24, 2.45) is 0 Å². The Morgan fingerprint density at radius 2 is 2.03 bits per heavy atom. The Morgan fingerprint density at radius 3 is 2.76 bits per heavy atom. The SMILES string of the molecule is CC(C)n1nnnc1-c1cccc(NC(=O)c2cc(-c3cnn(C4CC4)c3)c(C(F)F)cn2)n1. The predicted molar refractivity (Wildman–Crippen MR) is 118 cm³/mol. The molecule has 34 heavy (non-hydrogen) atoms. The number of nitrogens with zero attached hydrogens (tertiary/aromatic N) is 8. The second-order valence-corrected chi connectivity index (χ2v) is 8.30. The Bertz CT molecular complexity index is 1340. The number of carbonyl (C=O) groups is 1. The van der Waals surface area contributed by atoms with Crippen LogP contribution in [-0.2, 0) is 0 Å². The standard InChI is InChI=1S/C22H21F2N9O/c1-12(2)33-21(29-30-31-33)17-4-3-5-19(27-17)28-22(34)18-8-15(16(10-25-18)20(23)24)13-9-26-32(11-13)14-6-7-14/h3-5,8-12,14,20H,6-7H2,1-2H3,(H,27,28,34). The lowest BCUT2D eigenvalue weighted by Crippen LogP contribution is -2.15. The summed E-state index contributed by atoms with van der Waals surface area (Å²) in [6.07, 6.45) is 3.58. The van der Waals surface area contributed by atoms with E-state index in [4.69, 9.17) is 0 Å². The van der Waals surface area contributed by atoms with Crippen molar-refractivity contribution in [2.75, 3.05) is 5.32 Å². The van der Waals surface area contributed by atoms with Crippen LogP contribution in [0.15, 0.2) is 42.9 Å². The van der Waals surface area contributed by atoms with Crippen LogP contribution in [0.5, 0.6) is 0 Å². The topological polar surface area (TPSA) is 116 Å². The maximum atomic E-state index is 13.6. The molecule has 1 fully saturated rings. The van der Waals surface area contributed by atoms with Crippen molar-refractivity contribution in [1.82, 2.24) is 40.0 Å². The quantitative estimate of drug-likeness (QED) is 0.437. The minimum atomic E-state index is -2.74. The van der Waals surface area contributed by atoms with E-state index in [9.17, 15) is 13.6 Å². The second kappa shape index (κ2) is 8.69. The fourth-order valence-electron chi connectivity index (χ4n) is 3.55. The van der Waals surface area contributed by atoms with Gasteiger partial charge in [0, 0.05) is 23.5 Å². The van der Waals surface area contributed by atoms with Crippen LogP contribution in [0.4, 0.5) is 14.6 Å². The van der Waals surface area contributed by atoms with E-state index in [0.717, 1.165) is 19.0 Å². The third-order valence-corrected chi connectivity index (χ3v) is 5.44. The monoisotopic (exact) mass is 465 g/mol. The van der Waals surface area contributed by atoms with Gasteiger partial charge in [-0.2, -0.15) is 5.10 Å². The maximum Gasteiger partial charge on any atom is 0.275 e. The van der Waals surface area contributed by atoms with Crippen molar-refractivity contribution in [3.8, 4) is 22.6 Å². The van der Waals surface area contributed by atoms with Crippen molar-refractivity contribution < 1.29 is 13.6 Å². The largest absolute Gasteiger partial charge is 0.305 e. The minimum absolute atomic E-state index is 0.0159. The summed E-state index contributed by atoms with van der Waals surface area (Å²) in [4.78, 5) is 21.3. The van der Waals surface area contributed by atoms with Gasteiger partial charge < -0.3 is 5.32 Å². The van der Waals surface area contributed by atoms with Gasteiger partial charge in [0.05, 0.1) is 18.3 Å². The molecule has 4 aromatic heterocycles. The van der Waals surface area contributed by atoms with Gasteiger partial charge in [-0.3, -0.25) is 14.5 Å². The van der Waals surface area contributed by atoms with Crippen molar-refractivity contribution in [3.05, 3.63) is 54.1 Å². The average Bonchev–Trinajstić information content (AvgIpc) is 3.34. The molecule has 1 amide bonds. The van der Waals surface area contributed by atoms with Gasteiger partial charge >= 0.3 is 0 Å². The van der Waals surface area contributed by atoms with Gasteiger partial charge in [0.25, 0.3) is 12.3 Å². The molecule has 4 heterocycles. The highest BCUT2D eigenvalue weighted by Gasteiger charge is 2.26. The molecule has 0 spiro atoms. The molecular weight excluding hydrogens is 444 g/mol. The highest BCUT2D eigenvalue weighted by atomic mass is 19.3. The third kappa shape index (κ3) is 4.26. The number of nitrogens with one attached hydrogen (secondary N) is 1. The summed E-state index contributed by atoms with van der Waals surface area (Å²) >= 11 is 0. The molecular formula is C22H21F2N9O. The van der Waals surface area contributed by atoms with Gasteiger partial charge in [0.1, 0.15) is 17.2 Å². The number of amides is 1. The molecule has 5 rings (SSSR count). The van der Waals surface area contributed by atoms with E-state index in [1.165, 1.54) is 12.3 Å². The number of anilines is 1. The molecule has 4 aromatic rings. The van der Waals surface area contributed by atoms with Crippen LogP contribution >= 0.6 is 0 Å². The first-order valence-corrected chi connectivity index (χ1v) is 10.8. The Labute approximate surface area is 193 Å². The first-order valence-electron chi connectivity index (χ1n) is 10.8. The Kier molecular flexibility index (Phi) is 5.56. The Hall–Kier alpha value is -4.09. The van der Waals surface area contributed by atoms with Crippen molar-refractivity contribution in [1.29, 1.82) is 0 Å². The fraction of sp³-hybridized carbons (Fsp3) is 0.318. The van der Waals surface area contributed by atoms with E-state index >= 15 is 0 Å². The van der Waals surface area contributed by atoms with Gasteiger partial charge in [-0.15, -0.1) is 5.10 Å². The van der Waals surface area contributed by atoms with Gasteiger partial charge in [0.15, 0.2) is 0 Å². The molecule has 0 bridgehead atoms. The molecule has 12 heteroatoms. The third-order valence-electron chi connectivity index (χ3n) is 5.44. The van der Waals surface area contributed by atoms with E-state index in [1.807, 2.05) is 13.8 Å². The molecule has 0 radical (unpaired) electrons. The number of tetrazole rings is 1. The average molecular weight is 465 g/mol. The van der Waals surface area contributed by atoms with Crippen LogP contribution in [0, 0.1) is 0 Å². The Morgan fingerprint density at radius 1 is 1.21 bits per heavy atom. The number of hydrogen-bond donors (Lipinski definition) is 1. The zero-order valence-corrected chi connectivity index (χ0v) is 18.4. The molecule has 1 saturated carbocycles. The molecule has 1 aliphatic carbocycles. The predicted octanol–water partition coefficient (Wildman–Crippen LogP) is 4.10. The molecule has 1 aliphatic rings. The summed E-state index contributed by atoms with van der Waals surface area (Å²) in [5.41, 5.74) is 0.940.